The molecule has 2 N–H and O–H groups in total. The Hall–Kier alpha value is -1.43. The molecule has 2 saturated heterocycles. The van der Waals surface area contributed by atoms with E-state index in [-0.39, 0.29) is 17.9 Å². The fourth-order valence-corrected chi connectivity index (χ4v) is 4.80. The Labute approximate surface area is 143 Å². The summed E-state index contributed by atoms with van der Waals surface area (Å²) in [5.74, 6) is -0.277. The molecule has 1 amide bonds. The molecule has 24 heavy (non-hydrogen) atoms. The van der Waals surface area contributed by atoms with Crippen molar-refractivity contribution in [2.24, 2.45) is 5.92 Å². The molecule has 1 aromatic carbocycles. The van der Waals surface area contributed by atoms with Gasteiger partial charge in [0.15, 0.2) is 0 Å². The summed E-state index contributed by atoms with van der Waals surface area (Å²) in [4.78, 5) is 14.9. The number of aliphatic hydroxyl groups is 1. The number of hydrogen-bond donors (Lipinski definition) is 2. The minimum absolute atomic E-state index is 0.00754. The number of amides is 1. The smallest absolute Gasteiger partial charge is 0.271 e. The molecule has 130 valence electrons. The number of nitrogens with one attached hydrogen (secondary N) is 1. The van der Waals surface area contributed by atoms with Crippen molar-refractivity contribution in [3.8, 4) is 0 Å². The first kappa shape index (κ1) is 16.1. The molecule has 4 rings (SSSR count). The highest BCUT2D eigenvalue weighted by Gasteiger charge is 2.62. The number of fused-ring (bicyclic) bond motifs is 1. The first-order valence-corrected chi connectivity index (χ1v) is 9.11. The van der Waals surface area contributed by atoms with Crippen molar-refractivity contribution in [1.82, 2.24) is 15.3 Å². The predicted molar refractivity (Wildman–Crippen MR) is 91.8 cm³/mol. The van der Waals surface area contributed by atoms with Crippen LogP contribution < -0.4 is 5.43 Å². The van der Waals surface area contributed by atoms with Crippen molar-refractivity contribution in [2.45, 2.75) is 56.8 Å². The van der Waals surface area contributed by atoms with Crippen molar-refractivity contribution in [3.05, 3.63) is 35.4 Å². The molecule has 2 heterocycles. The standard InChI is InChI=1S/C19H27N3O2/c1-13-8-10-14(11-9-13)17-16-12-22(15-6-4-3-5-7-15)18(23)19(16,24)20-21(17)2/h8-11,15-17,20,24H,3-7,12H2,1-2H3/t16-,17+,19+/m1/s1. The van der Waals surface area contributed by atoms with Crippen molar-refractivity contribution in [1.29, 1.82) is 0 Å². The number of aryl methyl sites for hydroxylation is 1. The largest absolute Gasteiger partial charge is 0.366 e. The van der Waals surface area contributed by atoms with E-state index in [0.29, 0.717) is 12.6 Å². The van der Waals surface area contributed by atoms with Gasteiger partial charge in [0.25, 0.3) is 5.91 Å². The van der Waals surface area contributed by atoms with Gasteiger partial charge in [-0.05, 0) is 25.3 Å². The first-order valence-electron chi connectivity index (χ1n) is 9.11. The molecule has 3 fully saturated rings. The van der Waals surface area contributed by atoms with Gasteiger partial charge in [-0.25, -0.2) is 10.4 Å². The van der Waals surface area contributed by atoms with Gasteiger partial charge in [0.05, 0.1) is 12.0 Å². The van der Waals surface area contributed by atoms with Crippen LogP contribution in [0.1, 0.15) is 49.3 Å². The lowest BCUT2D eigenvalue weighted by atomic mass is 9.88. The summed E-state index contributed by atoms with van der Waals surface area (Å²) in [5, 5.41) is 13.0. The fourth-order valence-electron chi connectivity index (χ4n) is 4.80. The summed E-state index contributed by atoms with van der Waals surface area (Å²) >= 11 is 0. The highest BCUT2D eigenvalue weighted by atomic mass is 16.3. The summed E-state index contributed by atoms with van der Waals surface area (Å²) in [7, 11) is 1.92. The molecule has 0 aromatic heterocycles. The van der Waals surface area contributed by atoms with Crippen LogP contribution in [0.3, 0.4) is 0 Å². The number of carbonyl (C=O) groups is 1. The minimum atomic E-state index is -1.46. The van der Waals surface area contributed by atoms with Crippen LogP contribution in [-0.2, 0) is 4.79 Å². The summed E-state index contributed by atoms with van der Waals surface area (Å²) in [6, 6.07) is 8.71. The lowest BCUT2D eigenvalue weighted by Crippen LogP contribution is -2.54. The quantitative estimate of drug-likeness (QED) is 0.871. The zero-order valence-corrected chi connectivity index (χ0v) is 14.5. The van der Waals surface area contributed by atoms with Gasteiger partial charge in [-0.3, -0.25) is 4.79 Å². The van der Waals surface area contributed by atoms with Gasteiger partial charge in [0, 0.05) is 19.6 Å². The van der Waals surface area contributed by atoms with E-state index in [1.807, 2.05) is 17.0 Å². The van der Waals surface area contributed by atoms with E-state index >= 15 is 0 Å². The second-order valence-corrected chi connectivity index (χ2v) is 7.70. The number of benzene rings is 1. The van der Waals surface area contributed by atoms with Crippen LogP contribution in [0.25, 0.3) is 0 Å². The summed E-state index contributed by atoms with van der Waals surface area (Å²) in [6.07, 6.45) is 5.77. The Morgan fingerprint density at radius 2 is 1.83 bits per heavy atom. The zero-order valence-electron chi connectivity index (χ0n) is 14.5. The molecular weight excluding hydrogens is 302 g/mol. The highest BCUT2D eigenvalue weighted by molar-refractivity contribution is 5.88. The van der Waals surface area contributed by atoms with E-state index < -0.39 is 5.72 Å². The van der Waals surface area contributed by atoms with E-state index in [0.717, 1.165) is 18.4 Å². The topological polar surface area (TPSA) is 55.8 Å². The van der Waals surface area contributed by atoms with Crippen LogP contribution in [-0.4, -0.2) is 46.3 Å². The van der Waals surface area contributed by atoms with Gasteiger partial charge < -0.3 is 10.0 Å². The molecule has 5 heteroatoms. The third-order valence-electron chi connectivity index (χ3n) is 6.10. The highest BCUT2D eigenvalue weighted by Crippen LogP contribution is 2.46. The number of likely N-dealkylation sites (tertiary alicyclic amines) is 1. The molecule has 0 bridgehead atoms. The molecule has 0 unspecified atom stereocenters. The normalized spacial score (nSPS) is 34.8. The number of nitrogens with zero attached hydrogens (tertiary/aromatic N) is 2. The lowest BCUT2D eigenvalue weighted by molar-refractivity contribution is -0.151. The molecule has 1 saturated carbocycles. The maximum absolute atomic E-state index is 13.0. The summed E-state index contributed by atoms with van der Waals surface area (Å²) in [6.45, 7) is 2.70. The van der Waals surface area contributed by atoms with Gasteiger partial charge in [-0.15, -0.1) is 0 Å². The van der Waals surface area contributed by atoms with Crippen LogP contribution in [0.4, 0.5) is 0 Å². The number of hydrazine groups is 1. The minimum Gasteiger partial charge on any atom is -0.366 e. The molecule has 5 nitrogen and oxygen atoms in total. The SMILES string of the molecule is Cc1ccc([C@H]2[C@H]3CN(C4CCCCC4)C(=O)[C@]3(O)NN2C)cc1. The van der Waals surface area contributed by atoms with E-state index in [1.54, 1.807) is 0 Å². The van der Waals surface area contributed by atoms with Gasteiger partial charge >= 0.3 is 0 Å². The van der Waals surface area contributed by atoms with Crippen LogP contribution in [0.2, 0.25) is 0 Å². The van der Waals surface area contributed by atoms with Gasteiger partial charge in [-0.2, -0.15) is 0 Å². The van der Waals surface area contributed by atoms with E-state index in [4.69, 9.17) is 0 Å². The van der Waals surface area contributed by atoms with Crippen LogP contribution in [0, 0.1) is 12.8 Å². The second kappa shape index (κ2) is 5.83. The lowest BCUT2D eigenvalue weighted by Gasteiger charge is -2.33. The average molecular weight is 329 g/mol. The number of hydrogen-bond acceptors (Lipinski definition) is 4. The number of rotatable bonds is 2. The van der Waals surface area contributed by atoms with Crippen LogP contribution >= 0.6 is 0 Å². The molecule has 0 radical (unpaired) electrons. The first-order chi connectivity index (χ1) is 11.5. The monoisotopic (exact) mass is 329 g/mol. The maximum Gasteiger partial charge on any atom is 0.271 e. The molecule has 3 atom stereocenters. The Morgan fingerprint density at radius 1 is 1.17 bits per heavy atom. The van der Waals surface area contributed by atoms with Crippen molar-refractivity contribution < 1.29 is 9.90 Å². The van der Waals surface area contributed by atoms with Gasteiger partial charge in [-0.1, -0.05) is 49.1 Å². The molecule has 1 aromatic rings. The average Bonchev–Trinajstić information content (AvgIpc) is 2.98. The van der Waals surface area contributed by atoms with Gasteiger partial charge in [0.2, 0.25) is 5.72 Å². The molecule has 3 aliphatic rings. The van der Waals surface area contributed by atoms with Crippen LogP contribution in [0.15, 0.2) is 24.3 Å². The third kappa shape index (κ3) is 2.38. The maximum atomic E-state index is 13.0. The third-order valence-corrected chi connectivity index (χ3v) is 6.10. The Morgan fingerprint density at radius 3 is 2.50 bits per heavy atom. The zero-order chi connectivity index (χ0) is 16.9. The van der Waals surface area contributed by atoms with E-state index in [1.165, 1.54) is 24.8 Å². The van der Waals surface area contributed by atoms with Gasteiger partial charge in [0.1, 0.15) is 0 Å². The van der Waals surface area contributed by atoms with E-state index in [9.17, 15) is 9.90 Å². The Kier molecular flexibility index (Phi) is 3.90. The Balaban J connectivity index is 1.63. The predicted octanol–water partition coefficient (Wildman–Crippen LogP) is 1.97. The number of carbonyl (C=O) groups excluding carboxylic acids is 1. The molecular formula is C19H27N3O2. The van der Waals surface area contributed by atoms with Crippen molar-refractivity contribution in [3.63, 3.8) is 0 Å². The fraction of sp³-hybridized carbons (Fsp3) is 0.632. The molecule has 1 aliphatic carbocycles. The molecule has 0 spiro atoms. The second-order valence-electron chi connectivity index (χ2n) is 7.70. The summed E-state index contributed by atoms with van der Waals surface area (Å²) < 4.78 is 0. The van der Waals surface area contributed by atoms with Crippen molar-refractivity contribution >= 4 is 5.91 Å². The molecule has 2 aliphatic heterocycles. The van der Waals surface area contributed by atoms with E-state index in [2.05, 4.69) is 36.6 Å². The Bertz CT molecular complexity index is 626. The summed E-state index contributed by atoms with van der Waals surface area (Å²) in [5.41, 5.74) is 3.98. The van der Waals surface area contributed by atoms with Crippen LogP contribution in [0.5, 0.6) is 0 Å². The van der Waals surface area contributed by atoms with Crippen molar-refractivity contribution in [2.75, 3.05) is 13.6 Å².